The highest BCUT2D eigenvalue weighted by atomic mass is 35.5. The van der Waals surface area contributed by atoms with Crippen LogP contribution < -0.4 is 16.6 Å². The van der Waals surface area contributed by atoms with E-state index in [0.717, 1.165) is 0 Å². The number of rotatable bonds is 4. The monoisotopic (exact) mass is 229 g/mol. The van der Waals surface area contributed by atoms with Gasteiger partial charge in [-0.2, -0.15) is 0 Å². The van der Waals surface area contributed by atoms with Crippen LogP contribution in [-0.2, 0) is 4.74 Å². The van der Waals surface area contributed by atoms with E-state index in [-0.39, 0.29) is 0 Å². The number of benzene rings is 1. The van der Waals surface area contributed by atoms with Gasteiger partial charge >= 0.3 is 5.97 Å². The molecule has 1 aromatic carbocycles. The van der Waals surface area contributed by atoms with Crippen LogP contribution in [0.5, 0.6) is 0 Å². The van der Waals surface area contributed by atoms with Gasteiger partial charge in [-0.25, -0.2) is 10.2 Å². The summed E-state index contributed by atoms with van der Waals surface area (Å²) in [5.74, 6) is 4.70. The summed E-state index contributed by atoms with van der Waals surface area (Å²) < 4.78 is 4.59. The van der Waals surface area contributed by atoms with Gasteiger partial charge in [0.2, 0.25) is 0 Å². The Kier molecular flexibility index (Phi) is 4.36. The summed E-state index contributed by atoms with van der Waals surface area (Å²) in [6, 6.07) is 4.81. The summed E-state index contributed by atoms with van der Waals surface area (Å²) >= 11 is 5.90. The van der Waals surface area contributed by atoms with Crippen molar-refractivity contribution in [2.45, 2.75) is 0 Å². The second-order valence-corrected chi connectivity index (χ2v) is 3.15. The van der Waals surface area contributed by atoms with Crippen molar-refractivity contribution >= 4 is 23.3 Å². The molecule has 0 heterocycles. The van der Waals surface area contributed by atoms with Gasteiger partial charge in [-0.15, -0.1) is 0 Å². The molecule has 0 unspecified atom stereocenters. The fourth-order valence-corrected chi connectivity index (χ4v) is 1.24. The van der Waals surface area contributed by atoms with E-state index in [1.807, 2.05) is 0 Å². The maximum Gasteiger partial charge on any atom is 0.337 e. The van der Waals surface area contributed by atoms with Gasteiger partial charge < -0.3 is 10.1 Å². The van der Waals surface area contributed by atoms with Crippen molar-refractivity contribution < 1.29 is 9.53 Å². The molecule has 0 radical (unpaired) electrons. The molecule has 0 bridgehead atoms. The summed E-state index contributed by atoms with van der Waals surface area (Å²) in [5.41, 5.74) is 3.47. The first kappa shape index (κ1) is 11.8. The largest absolute Gasteiger partial charge is 0.465 e. The van der Waals surface area contributed by atoms with Gasteiger partial charge in [0.25, 0.3) is 0 Å². The highest BCUT2D eigenvalue weighted by molar-refractivity contribution is 6.33. The lowest BCUT2D eigenvalue weighted by molar-refractivity contribution is 0.0601. The topological polar surface area (TPSA) is 76.4 Å². The Morgan fingerprint density at radius 2 is 2.33 bits per heavy atom. The number of hydrogen-bond acceptors (Lipinski definition) is 5. The Balaban J connectivity index is 2.89. The number of hydrazine groups is 1. The molecule has 4 N–H and O–H groups in total. The maximum atomic E-state index is 11.2. The molecule has 6 heteroatoms. The molecule has 0 aliphatic rings. The number of nitrogens with one attached hydrogen (secondary N) is 2. The average Bonchev–Trinajstić information content (AvgIpc) is 2.27. The molecule has 1 rings (SSSR count). The second-order valence-electron chi connectivity index (χ2n) is 2.74. The summed E-state index contributed by atoms with van der Waals surface area (Å²) in [5, 5.41) is 3.42. The third-order valence-electron chi connectivity index (χ3n) is 1.77. The normalized spacial score (nSPS) is 9.80. The minimum atomic E-state index is -0.407. The van der Waals surface area contributed by atoms with E-state index in [1.54, 1.807) is 18.2 Å². The SMILES string of the molecule is COC(=O)c1ccc(Cl)c(NCNN)c1. The highest BCUT2D eigenvalue weighted by Gasteiger charge is 2.08. The first-order chi connectivity index (χ1) is 7.19. The van der Waals surface area contributed by atoms with Crippen LogP contribution in [-0.4, -0.2) is 19.7 Å². The molecule has 15 heavy (non-hydrogen) atoms. The van der Waals surface area contributed by atoms with Gasteiger partial charge in [-0.05, 0) is 18.2 Å². The first-order valence-corrected chi connectivity index (χ1v) is 4.62. The average molecular weight is 230 g/mol. The molecule has 0 fully saturated rings. The predicted octanol–water partition coefficient (Wildman–Crippen LogP) is 0.959. The quantitative estimate of drug-likeness (QED) is 0.310. The summed E-state index contributed by atoms with van der Waals surface area (Å²) in [7, 11) is 1.32. The van der Waals surface area contributed by atoms with E-state index in [9.17, 15) is 4.79 Å². The Hall–Kier alpha value is -1.30. The predicted molar refractivity (Wildman–Crippen MR) is 58.6 cm³/mol. The Bertz CT molecular complexity index is 357. The Labute approximate surface area is 92.5 Å². The van der Waals surface area contributed by atoms with Crippen LogP contribution in [0, 0.1) is 0 Å². The minimum absolute atomic E-state index is 0.352. The van der Waals surface area contributed by atoms with Gasteiger partial charge in [-0.3, -0.25) is 5.84 Å². The number of anilines is 1. The molecule has 0 aromatic heterocycles. The summed E-state index contributed by atoms with van der Waals surface area (Å²) in [4.78, 5) is 11.2. The number of halogens is 1. The lowest BCUT2D eigenvalue weighted by Crippen LogP contribution is -2.28. The standard InChI is InChI=1S/C9H12ClN3O2/c1-15-9(14)6-2-3-7(10)8(4-6)12-5-13-11/h2-4,12-13H,5,11H2,1H3. The maximum absolute atomic E-state index is 11.2. The number of carbonyl (C=O) groups is 1. The van der Waals surface area contributed by atoms with E-state index in [4.69, 9.17) is 17.4 Å². The zero-order chi connectivity index (χ0) is 11.3. The van der Waals surface area contributed by atoms with Crippen molar-refractivity contribution in [2.24, 2.45) is 5.84 Å². The van der Waals surface area contributed by atoms with Crippen molar-refractivity contribution in [2.75, 3.05) is 19.1 Å². The van der Waals surface area contributed by atoms with Crippen LogP contribution >= 0.6 is 11.6 Å². The molecule has 0 aliphatic heterocycles. The smallest absolute Gasteiger partial charge is 0.337 e. The van der Waals surface area contributed by atoms with Gasteiger partial charge in [0.1, 0.15) is 0 Å². The van der Waals surface area contributed by atoms with Crippen LogP contribution in [0.1, 0.15) is 10.4 Å². The lowest BCUT2D eigenvalue weighted by atomic mass is 10.2. The van der Waals surface area contributed by atoms with E-state index in [1.165, 1.54) is 7.11 Å². The fourth-order valence-electron chi connectivity index (χ4n) is 1.05. The van der Waals surface area contributed by atoms with Crippen molar-refractivity contribution in [3.05, 3.63) is 28.8 Å². The summed E-state index contributed by atoms with van der Waals surface area (Å²) in [6.45, 7) is 0.352. The van der Waals surface area contributed by atoms with Crippen LogP contribution in [0.3, 0.4) is 0 Å². The van der Waals surface area contributed by atoms with E-state index in [0.29, 0.717) is 22.9 Å². The molecular weight excluding hydrogens is 218 g/mol. The van der Waals surface area contributed by atoms with Gasteiger partial charge in [-0.1, -0.05) is 11.6 Å². The lowest BCUT2D eigenvalue weighted by Gasteiger charge is -2.08. The fraction of sp³-hybridized carbons (Fsp3) is 0.222. The third-order valence-corrected chi connectivity index (χ3v) is 2.10. The van der Waals surface area contributed by atoms with Gasteiger partial charge in [0.15, 0.2) is 0 Å². The zero-order valence-corrected chi connectivity index (χ0v) is 8.97. The first-order valence-electron chi connectivity index (χ1n) is 4.24. The van der Waals surface area contributed by atoms with E-state index < -0.39 is 5.97 Å². The molecular formula is C9H12ClN3O2. The van der Waals surface area contributed by atoms with Crippen molar-refractivity contribution in [3.63, 3.8) is 0 Å². The third kappa shape index (κ3) is 3.09. The number of hydrogen-bond donors (Lipinski definition) is 3. The van der Waals surface area contributed by atoms with Crippen LogP contribution in [0.25, 0.3) is 0 Å². The zero-order valence-electron chi connectivity index (χ0n) is 8.21. The Morgan fingerprint density at radius 1 is 1.60 bits per heavy atom. The number of esters is 1. The van der Waals surface area contributed by atoms with Crippen LogP contribution in [0.15, 0.2) is 18.2 Å². The van der Waals surface area contributed by atoms with E-state index >= 15 is 0 Å². The van der Waals surface area contributed by atoms with Crippen molar-refractivity contribution in [3.8, 4) is 0 Å². The summed E-state index contributed by atoms with van der Waals surface area (Å²) in [6.07, 6.45) is 0. The number of ether oxygens (including phenoxy) is 1. The number of nitrogens with two attached hydrogens (primary N) is 1. The minimum Gasteiger partial charge on any atom is -0.465 e. The molecule has 0 saturated carbocycles. The molecule has 0 saturated heterocycles. The van der Waals surface area contributed by atoms with Gasteiger partial charge in [0.05, 0.1) is 30.1 Å². The molecule has 5 nitrogen and oxygen atoms in total. The highest BCUT2D eigenvalue weighted by Crippen LogP contribution is 2.22. The van der Waals surface area contributed by atoms with Gasteiger partial charge in [0, 0.05) is 0 Å². The molecule has 82 valence electrons. The number of carbonyl (C=O) groups excluding carboxylic acids is 1. The molecule has 0 amide bonds. The Morgan fingerprint density at radius 3 is 2.93 bits per heavy atom. The second kappa shape index (κ2) is 5.55. The van der Waals surface area contributed by atoms with Crippen LogP contribution in [0.4, 0.5) is 5.69 Å². The van der Waals surface area contributed by atoms with E-state index in [2.05, 4.69) is 15.5 Å². The molecule has 0 atom stereocenters. The molecule has 0 aliphatic carbocycles. The van der Waals surface area contributed by atoms with Crippen LogP contribution in [0.2, 0.25) is 5.02 Å². The van der Waals surface area contributed by atoms with Crippen molar-refractivity contribution in [1.82, 2.24) is 5.43 Å². The number of methoxy groups -OCH3 is 1. The molecule has 1 aromatic rings. The molecule has 0 spiro atoms. The van der Waals surface area contributed by atoms with Crippen molar-refractivity contribution in [1.29, 1.82) is 0 Å².